The molecule has 0 amide bonds. The predicted molar refractivity (Wildman–Crippen MR) is 70.8 cm³/mol. The number of rotatable bonds is 6. The largest absolute Gasteiger partial charge is 0.497 e. The van der Waals surface area contributed by atoms with E-state index in [1.54, 1.807) is 7.11 Å². The van der Waals surface area contributed by atoms with Crippen LogP contribution in [0, 0.1) is 0 Å². The van der Waals surface area contributed by atoms with E-state index in [1.165, 1.54) is 12.7 Å². The highest BCUT2D eigenvalue weighted by atomic mass is 16.5. The Morgan fingerprint density at radius 3 is 2.67 bits per heavy atom. The molecule has 1 rings (SSSR count). The average molecular weight is 251 g/mol. The van der Waals surface area contributed by atoms with Crippen molar-refractivity contribution in [3.63, 3.8) is 0 Å². The maximum absolute atomic E-state index is 11.5. The molecule has 0 unspecified atom stereocenters. The summed E-state index contributed by atoms with van der Waals surface area (Å²) in [5.74, 6) is 0.591. The Bertz CT molecular complexity index is 402. The molecule has 0 heterocycles. The minimum atomic E-state index is -0.659. The van der Waals surface area contributed by atoms with Crippen molar-refractivity contribution in [1.29, 1.82) is 0 Å². The standard InChI is InChI=1S/C14H21NO3/c1-14(2,13(16)18-4)15-9-8-11-6-5-7-12(10-11)17-3/h5-7,10,15H,8-9H2,1-4H3. The van der Waals surface area contributed by atoms with Gasteiger partial charge in [0.05, 0.1) is 14.2 Å². The first-order valence-corrected chi connectivity index (χ1v) is 5.96. The van der Waals surface area contributed by atoms with Gasteiger partial charge in [-0.25, -0.2) is 0 Å². The smallest absolute Gasteiger partial charge is 0.325 e. The van der Waals surface area contributed by atoms with Crippen LogP contribution >= 0.6 is 0 Å². The van der Waals surface area contributed by atoms with E-state index in [2.05, 4.69) is 5.32 Å². The van der Waals surface area contributed by atoms with Crippen LogP contribution in [0.1, 0.15) is 19.4 Å². The molecule has 4 nitrogen and oxygen atoms in total. The van der Waals surface area contributed by atoms with Gasteiger partial charge in [-0.2, -0.15) is 0 Å². The number of nitrogens with one attached hydrogen (secondary N) is 1. The van der Waals surface area contributed by atoms with Gasteiger partial charge in [-0.15, -0.1) is 0 Å². The summed E-state index contributed by atoms with van der Waals surface area (Å²) >= 11 is 0. The van der Waals surface area contributed by atoms with Crippen LogP contribution in [0.4, 0.5) is 0 Å². The molecule has 0 atom stereocenters. The molecule has 1 aromatic rings. The number of benzene rings is 1. The summed E-state index contributed by atoms with van der Waals surface area (Å²) in [5, 5.41) is 3.18. The molecule has 100 valence electrons. The van der Waals surface area contributed by atoms with Crippen molar-refractivity contribution in [2.24, 2.45) is 0 Å². The molecule has 0 saturated carbocycles. The molecule has 18 heavy (non-hydrogen) atoms. The number of methoxy groups -OCH3 is 2. The predicted octanol–water partition coefficient (Wildman–Crippen LogP) is 1.78. The summed E-state index contributed by atoms with van der Waals surface area (Å²) in [6, 6.07) is 7.90. The minimum Gasteiger partial charge on any atom is -0.497 e. The van der Waals surface area contributed by atoms with Crippen LogP contribution in [-0.2, 0) is 16.0 Å². The third-order valence-corrected chi connectivity index (χ3v) is 2.81. The molecule has 0 radical (unpaired) electrons. The van der Waals surface area contributed by atoms with Crippen molar-refractivity contribution < 1.29 is 14.3 Å². The van der Waals surface area contributed by atoms with Crippen molar-refractivity contribution in [3.05, 3.63) is 29.8 Å². The molecule has 0 bridgehead atoms. The molecular formula is C14H21NO3. The summed E-state index contributed by atoms with van der Waals surface area (Å²) in [6.07, 6.45) is 0.831. The van der Waals surface area contributed by atoms with Crippen LogP contribution < -0.4 is 10.1 Å². The fourth-order valence-corrected chi connectivity index (χ4v) is 1.67. The zero-order valence-corrected chi connectivity index (χ0v) is 11.4. The third-order valence-electron chi connectivity index (χ3n) is 2.81. The van der Waals surface area contributed by atoms with E-state index in [9.17, 15) is 4.79 Å². The Morgan fingerprint density at radius 2 is 2.06 bits per heavy atom. The highest BCUT2D eigenvalue weighted by molar-refractivity contribution is 5.79. The van der Waals surface area contributed by atoms with Crippen LogP contribution in [0.5, 0.6) is 5.75 Å². The average Bonchev–Trinajstić information content (AvgIpc) is 2.37. The first kappa shape index (κ1) is 14.5. The van der Waals surface area contributed by atoms with Gasteiger partial charge in [-0.3, -0.25) is 4.79 Å². The van der Waals surface area contributed by atoms with E-state index in [1.807, 2.05) is 38.1 Å². The van der Waals surface area contributed by atoms with E-state index in [4.69, 9.17) is 9.47 Å². The highest BCUT2D eigenvalue weighted by Gasteiger charge is 2.27. The van der Waals surface area contributed by atoms with E-state index < -0.39 is 5.54 Å². The zero-order chi connectivity index (χ0) is 13.6. The molecule has 1 N–H and O–H groups in total. The maximum atomic E-state index is 11.5. The molecule has 0 aromatic heterocycles. The number of ether oxygens (including phenoxy) is 2. The first-order chi connectivity index (χ1) is 8.49. The second-order valence-corrected chi connectivity index (χ2v) is 4.64. The lowest BCUT2D eigenvalue weighted by atomic mass is 10.1. The third kappa shape index (κ3) is 4.04. The SMILES string of the molecule is COC(=O)C(C)(C)NCCc1cccc(OC)c1. The lowest BCUT2D eigenvalue weighted by Gasteiger charge is -2.23. The zero-order valence-electron chi connectivity index (χ0n) is 11.4. The highest BCUT2D eigenvalue weighted by Crippen LogP contribution is 2.13. The van der Waals surface area contributed by atoms with Gasteiger partial charge < -0.3 is 14.8 Å². The van der Waals surface area contributed by atoms with Crippen LogP contribution in [0.2, 0.25) is 0 Å². The fourth-order valence-electron chi connectivity index (χ4n) is 1.67. The summed E-state index contributed by atoms with van der Waals surface area (Å²) in [7, 11) is 3.05. The normalized spacial score (nSPS) is 11.1. The Balaban J connectivity index is 2.48. The number of hydrogen-bond donors (Lipinski definition) is 1. The van der Waals surface area contributed by atoms with Crippen molar-refractivity contribution in [2.75, 3.05) is 20.8 Å². The molecule has 4 heteroatoms. The van der Waals surface area contributed by atoms with Gasteiger partial charge in [0, 0.05) is 6.54 Å². The van der Waals surface area contributed by atoms with Gasteiger partial charge in [0.2, 0.25) is 0 Å². The summed E-state index contributed by atoms with van der Waals surface area (Å²) < 4.78 is 9.90. The Labute approximate surface area is 108 Å². The lowest BCUT2D eigenvalue weighted by Crippen LogP contribution is -2.48. The van der Waals surface area contributed by atoms with E-state index in [0.29, 0.717) is 6.54 Å². The van der Waals surface area contributed by atoms with Crippen molar-refractivity contribution >= 4 is 5.97 Å². The van der Waals surface area contributed by atoms with Gasteiger partial charge in [0.1, 0.15) is 11.3 Å². The Hall–Kier alpha value is -1.55. The molecule has 0 aliphatic carbocycles. The van der Waals surface area contributed by atoms with E-state index in [-0.39, 0.29) is 5.97 Å². The number of carbonyl (C=O) groups is 1. The molecule has 0 aliphatic heterocycles. The topological polar surface area (TPSA) is 47.6 Å². The molecule has 0 spiro atoms. The summed E-state index contributed by atoms with van der Waals surface area (Å²) in [4.78, 5) is 11.5. The number of esters is 1. The first-order valence-electron chi connectivity index (χ1n) is 5.96. The minimum absolute atomic E-state index is 0.256. The van der Waals surface area contributed by atoms with E-state index in [0.717, 1.165) is 12.2 Å². The van der Waals surface area contributed by atoms with Crippen LogP contribution in [-0.4, -0.2) is 32.3 Å². The van der Waals surface area contributed by atoms with Gasteiger partial charge in [-0.05, 0) is 38.0 Å². The van der Waals surface area contributed by atoms with Crippen molar-refractivity contribution in [1.82, 2.24) is 5.32 Å². The Kier molecular flexibility index (Phi) is 5.16. The summed E-state index contributed by atoms with van der Waals surface area (Å²) in [5.41, 5.74) is 0.510. The van der Waals surface area contributed by atoms with Crippen LogP contribution in [0.15, 0.2) is 24.3 Å². The molecular weight excluding hydrogens is 230 g/mol. The van der Waals surface area contributed by atoms with Crippen molar-refractivity contribution in [3.8, 4) is 5.75 Å². The molecule has 0 aliphatic rings. The van der Waals surface area contributed by atoms with Gasteiger partial charge >= 0.3 is 5.97 Å². The number of hydrogen-bond acceptors (Lipinski definition) is 4. The Morgan fingerprint density at radius 1 is 1.33 bits per heavy atom. The van der Waals surface area contributed by atoms with Gasteiger partial charge in [-0.1, -0.05) is 12.1 Å². The summed E-state index contributed by atoms with van der Waals surface area (Å²) in [6.45, 7) is 4.32. The monoisotopic (exact) mass is 251 g/mol. The maximum Gasteiger partial charge on any atom is 0.325 e. The quantitative estimate of drug-likeness (QED) is 0.783. The number of carbonyl (C=O) groups excluding carboxylic acids is 1. The fraction of sp³-hybridized carbons (Fsp3) is 0.500. The molecule has 0 saturated heterocycles. The molecule has 1 aromatic carbocycles. The van der Waals surface area contributed by atoms with Gasteiger partial charge in [0.15, 0.2) is 0 Å². The van der Waals surface area contributed by atoms with Crippen LogP contribution in [0.25, 0.3) is 0 Å². The van der Waals surface area contributed by atoms with Crippen LogP contribution in [0.3, 0.4) is 0 Å². The van der Waals surface area contributed by atoms with E-state index >= 15 is 0 Å². The second kappa shape index (κ2) is 6.40. The molecule has 0 fully saturated rings. The van der Waals surface area contributed by atoms with Crippen molar-refractivity contribution in [2.45, 2.75) is 25.8 Å². The van der Waals surface area contributed by atoms with Gasteiger partial charge in [0.25, 0.3) is 0 Å². The lowest BCUT2D eigenvalue weighted by molar-refractivity contribution is -0.147. The second-order valence-electron chi connectivity index (χ2n) is 4.64.